The Morgan fingerprint density at radius 1 is 1.00 bits per heavy atom. The quantitative estimate of drug-likeness (QED) is 0.733. The van der Waals surface area contributed by atoms with Crippen molar-refractivity contribution in [2.45, 2.75) is 38.8 Å². The van der Waals surface area contributed by atoms with Gasteiger partial charge in [-0.15, -0.1) is 0 Å². The Labute approximate surface area is 127 Å². The molecular weight excluding hydrogens is 270 g/mol. The zero-order valence-electron chi connectivity index (χ0n) is 13.7. The smallest absolute Gasteiger partial charge is 0.203 e. The Morgan fingerprint density at radius 3 is 1.86 bits per heavy atom. The molecule has 1 aromatic rings. The molecule has 0 bridgehead atoms. The lowest BCUT2D eigenvalue weighted by Gasteiger charge is -2.31. The second kappa shape index (κ2) is 8.10. The first-order chi connectivity index (χ1) is 10.1. The first-order valence-electron chi connectivity index (χ1n) is 7.24. The molecule has 0 atom stereocenters. The summed E-state index contributed by atoms with van der Waals surface area (Å²) in [5, 5.41) is 13.0. The van der Waals surface area contributed by atoms with E-state index in [9.17, 15) is 5.11 Å². The van der Waals surface area contributed by atoms with Crippen LogP contribution in [0, 0.1) is 0 Å². The summed E-state index contributed by atoms with van der Waals surface area (Å²) in [4.78, 5) is 0. The van der Waals surface area contributed by atoms with E-state index in [2.05, 4.69) is 19.2 Å². The van der Waals surface area contributed by atoms with Crippen LogP contribution in [0.25, 0.3) is 0 Å². The predicted molar refractivity (Wildman–Crippen MR) is 83.3 cm³/mol. The van der Waals surface area contributed by atoms with Crippen LogP contribution in [0.15, 0.2) is 12.1 Å². The van der Waals surface area contributed by atoms with Gasteiger partial charge in [0.1, 0.15) is 0 Å². The van der Waals surface area contributed by atoms with E-state index in [0.717, 1.165) is 18.4 Å². The third-order valence-corrected chi connectivity index (χ3v) is 4.05. The molecule has 0 aliphatic heterocycles. The van der Waals surface area contributed by atoms with Crippen molar-refractivity contribution in [2.75, 3.05) is 27.9 Å². The third kappa shape index (κ3) is 4.02. The minimum Gasteiger partial charge on any atom is -0.493 e. The molecule has 21 heavy (non-hydrogen) atoms. The molecule has 0 unspecified atom stereocenters. The molecule has 1 rings (SSSR count). The van der Waals surface area contributed by atoms with Crippen LogP contribution in [0.1, 0.15) is 32.3 Å². The highest BCUT2D eigenvalue weighted by Gasteiger charge is 2.24. The summed E-state index contributed by atoms with van der Waals surface area (Å²) >= 11 is 0. The summed E-state index contributed by atoms with van der Waals surface area (Å²) in [6, 6.07) is 3.84. The molecular formula is C16H27NO4. The highest BCUT2D eigenvalue weighted by molar-refractivity contribution is 5.53. The summed E-state index contributed by atoms with van der Waals surface area (Å²) in [5.74, 6) is 1.86. The van der Waals surface area contributed by atoms with E-state index < -0.39 is 0 Å². The first kappa shape index (κ1) is 17.6. The molecule has 0 spiro atoms. The summed E-state index contributed by atoms with van der Waals surface area (Å²) in [6.07, 6.45) is 1.73. The Bertz CT molecular complexity index is 411. The fourth-order valence-electron chi connectivity index (χ4n) is 2.31. The van der Waals surface area contributed by atoms with Gasteiger partial charge in [-0.2, -0.15) is 0 Å². The zero-order chi connectivity index (χ0) is 15.9. The second-order valence-electron chi connectivity index (χ2n) is 5.03. The summed E-state index contributed by atoms with van der Waals surface area (Å²) < 4.78 is 16.0. The zero-order valence-corrected chi connectivity index (χ0v) is 13.7. The fourth-order valence-corrected chi connectivity index (χ4v) is 2.31. The molecule has 0 aromatic heterocycles. The Balaban J connectivity index is 2.99. The predicted octanol–water partition coefficient (Wildman–Crippen LogP) is 2.35. The van der Waals surface area contributed by atoms with Crippen molar-refractivity contribution in [3.05, 3.63) is 17.7 Å². The van der Waals surface area contributed by atoms with E-state index in [1.54, 1.807) is 21.3 Å². The lowest BCUT2D eigenvalue weighted by Crippen LogP contribution is -2.47. The number of hydrogen-bond donors (Lipinski definition) is 2. The Hall–Kier alpha value is -1.46. The number of methoxy groups -OCH3 is 3. The molecule has 0 saturated heterocycles. The van der Waals surface area contributed by atoms with Crippen LogP contribution < -0.4 is 19.5 Å². The molecule has 0 aliphatic carbocycles. The molecule has 0 heterocycles. The fraction of sp³-hybridized carbons (Fsp3) is 0.625. The lowest BCUT2D eigenvalue weighted by molar-refractivity contribution is 0.149. The molecule has 1 aromatic carbocycles. The average molecular weight is 297 g/mol. The largest absolute Gasteiger partial charge is 0.493 e. The van der Waals surface area contributed by atoms with Crippen LogP contribution in [0.5, 0.6) is 17.2 Å². The van der Waals surface area contributed by atoms with Crippen LogP contribution in [-0.2, 0) is 6.54 Å². The van der Waals surface area contributed by atoms with E-state index in [1.165, 1.54) is 0 Å². The number of benzene rings is 1. The highest BCUT2D eigenvalue weighted by atomic mass is 16.5. The maximum atomic E-state index is 9.61. The van der Waals surface area contributed by atoms with Gasteiger partial charge in [-0.1, -0.05) is 13.8 Å². The molecule has 0 saturated carbocycles. The third-order valence-electron chi connectivity index (χ3n) is 4.05. The van der Waals surface area contributed by atoms with Gasteiger partial charge in [0.2, 0.25) is 5.75 Å². The van der Waals surface area contributed by atoms with Gasteiger partial charge in [-0.25, -0.2) is 0 Å². The van der Waals surface area contributed by atoms with Crippen molar-refractivity contribution in [3.8, 4) is 17.2 Å². The highest BCUT2D eigenvalue weighted by Crippen LogP contribution is 2.38. The van der Waals surface area contributed by atoms with Gasteiger partial charge in [0.15, 0.2) is 11.5 Å². The van der Waals surface area contributed by atoms with E-state index >= 15 is 0 Å². The van der Waals surface area contributed by atoms with Crippen LogP contribution in [-0.4, -0.2) is 38.6 Å². The van der Waals surface area contributed by atoms with Crippen molar-refractivity contribution < 1.29 is 19.3 Å². The number of nitrogens with one attached hydrogen (secondary N) is 1. The van der Waals surface area contributed by atoms with Crippen molar-refractivity contribution in [1.82, 2.24) is 5.32 Å². The van der Waals surface area contributed by atoms with Gasteiger partial charge in [0, 0.05) is 12.1 Å². The molecule has 0 aliphatic rings. The van der Waals surface area contributed by atoms with Gasteiger partial charge >= 0.3 is 0 Å². The lowest BCUT2D eigenvalue weighted by atomic mass is 9.93. The van der Waals surface area contributed by atoms with Crippen molar-refractivity contribution in [2.24, 2.45) is 0 Å². The van der Waals surface area contributed by atoms with E-state index in [-0.39, 0.29) is 12.1 Å². The maximum Gasteiger partial charge on any atom is 0.203 e. The number of ether oxygens (including phenoxy) is 3. The molecule has 5 nitrogen and oxygen atoms in total. The van der Waals surface area contributed by atoms with E-state index in [0.29, 0.717) is 23.8 Å². The van der Waals surface area contributed by atoms with Gasteiger partial charge < -0.3 is 24.6 Å². The summed E-state index contributed by atoms with van der Waals surface area (Å²) in [7, 11) is 4.79. The normalized spacial score (nSPS) is 11.3. The van der Waals surface area contributed by atoms with Crippen molar-refractivity contribution >= 4 is 0 Å². The van der Waals surface area contributed by atoms with E-state index in [1.807, 2.05) is 12.1 Å². The summed E-state index contributed by atoms with van der Waals surface area (Å²) in [6.45, 7) is 4.88. The minimum atomic E-state index is -0.250. The van der Waals surface area contributed by atoms with Gasteiger partial charge in [0.05, 0.1) is 27.9 Å². The second-order valence-corrected chi connectivity index (χ2v) is 5.03. The monoisotopic (exact) mass is 297 g/mol. The van der Waals surface area contributed by atoms with Crippen molar-refractivity contribution in [3.63, 3.8) is 0 Å². The SMILES string of the molecule is CCC(CC)(CO)NCc1cc(OC)c(OC)c(OC)c1. The molecule has 0 fully saturated rings. The van der Waals surface area contributed by atoms with Crippen LogP contribution in [0.4, 0.5) is 0 Å². The number of rotatable bonds is 9. The standard InChI is InChI=1S/C16H27NO4/c1-6-16(7-2,11-18)17-10-12-8-13(19-3)15(21-5)14(9-12)20-4/h8-9,17-18H,6-7,10-11H2,1-5H3. The molecule has 120 valence electrons. The Morgan fingerprint density at radius 2 is 1.52 bits per heavy atom. The molecule has 5 heteroatoms. The van der Waals surface area contributed by atoms with Gasteiger partial charge in [-0.05, 0) is 30.5 Å². The van der Waals surface area contributed by atoms with Crippen LogP contribution >= 0.6 is 0 Å². The minimum absolute atomic E-state index is 0.116. The topological polar surface area (TPSA) is 60.0 Å². The summed E-state index contributed by atoms with van der Waals surface area (Å²) in [5.41, 5.74) is 0.768. The Kier molecular flexibility index (Phi) is 6.78. The molecule has 0 radical (unpaired) electrons. The maximum absolute atomic E-state index is 9.61. The average Bonchev–Trinajstić information content (AvgIpc) is 2.55. The van der Waals surface area contributed by atoms with Gasteiger partial charge in [-0.3, -0.25) is 0 Å². The number of aliphatic hydroxyl groups excluding tert-OH is 1. The van der Waals surface area contributed by atoms with Gasteiger partial charge in [0.25, 0.3) is 0 Å². The van der Waals surface area contributed by atoms with E-state index in [4.69, 9.17) is 14.2 Å². The number of aliphatic hydroxyl groups is 1. The van der Waals surface area contributed by atoms with Crippen molar-refractivity contribution in [1.29, 1.82) is 0 Å². The van der Waals surface area contributed by atoms with Crippen LogP contribution in [0.3, 0.4) is 0 Å². The van der Waals surface area contributed by atoms with Crippen LogP contribution in [0.2, 0.25) is 0 Å². The number of hydrogen-bond acceptors (Lipinski definition) is 5. The first-order valence-corrected chi connectivity index (χ1v) is 7.24. The molecule has 0 amide bonds. The molecule has 2 N–H and O–H groups in total.